The smallest absolute Gasteiger partial charge is 0.410 e. The number of hydrogen-bond donors (Lipinski definition) is 0. The number of carbonyl (C=O) groups excluding carboxylic acids is 2. The first-order valence-corrected chi connectivity index (χ1v) is 7.44. The maximum absolute atomic E-state index is 12.0. The Hall–Kier alpha value is -0.988. The van der Waals surface area contributed by atoms with Crippen molar-refractivity contribution in [1.29, 1.82) is 0 Å². The fourth-order valence-electron chi connectivity index (χ4n) is 2.54. The molecule has 0 N–H and O–H groups in total. The van der Waals surface area contributed by atoms with Gasteiger partial charge in [-0.3, -0.25) is 4.79 Å². The summed E-state index contributed by atoms with van der Waals surface area (Å²) < 4.78 is 11.8. The van der Waals surface area contributed by atoms with Crippen LogP contribution in [0.2, 0.25) is 0 Å². The van der Waals surface area contributed by atoms with E-state index >= 15 is 0 Å². The number of carbonyl (C=O) groups is 2. The summed E-state index contributed by atoms with van der Waals surface area (Å²) in [6.07, 6.45) is 2.92. The lowest BCUT2D eigenvalue weighted by Crippen LogP contribution is -2.50. The van der Waals surface area contributed by atoms with Gasteiger partial charge in [0, 0.05) is 25.9 Å². The Labute approximate surface area is 127 Å². The number of ketones is 1. The second-order valence-electron chi connectivity index (χ2n) is 6.44. The monoisotopic (exact) mass is 293 g/mol. The van der Waals surface area contributed by atoms with Crippen LogP contribution in [0.15, 0.2) is 10.7 Å². The van der Waals surface area contributed by atoms with Crippen molar-refractivity contribution >= 4 is 28.2 Å². The van der Waals surface area contributed by atoms with E-state index in [4.69, 9.17) is 9.47 Å². The highest BCUT2D eigenvalue weighted by atomic mass is 27.0. The lowest BCUT2D eigenvalue weighted by Gasteiger charge is -2.43. The predicted molar refractivity (Wildman–Crippen MR) is 74.3 cm³/mol. The largest absolute Gasteiger partial charge is 0.512 e. The van der Waals surface area contributed by atoms with Gasteiger partial charge >= 0.3 is 6.09 Å². The van der Waals surface area contributed by atoms with Gasteiger partial charge in [-0.2, -0.15) is 0 Å². The first-order chi connectivity index (χ1) is 9.19. The molecule has 2 rings (SSSR count). The summed E-state index contributed by atoms with van der Waals surface area (Å²) in [6, 6.07) is 0. The van der Waals surface area contributed by atoms with Gasteiger partial charge in [-0.15, -0.1) is 0 Å². The molecule has 1 spiro atoms. The fraction of sp³-hybridized carbons (Fsp3) is 0.714. The highest BCUT2D eigenvalue weighted by Crippen LogP contribution is 2.35. The fourth-order valence-corrected chi connectivity index (χ4v) is 2.98. The Bertz CT molecular complexity index is 445. The molecule has 2 radical (unpaired) electrons. The molecule has 1 amide bonds. The van der Waals surface area contributed by atoms with E-state index in [-0.39, 0.29) is 11.9 Å². The van der Waals surface area contributed by atoms with Crippen LogP contribution in [-0.2, 0) is 14.3 Å². The quantitative estimate of drug-likeness (QED) is 0.639. The molecular formula is C14H20AlNO4. The van der Waals surface area contributed by atoms with E-state index < -0.39 is 11.2 Å². The zero-order valence-electron chi connectivity index (χ0n) is 12.3. The number of nitrogens with zero attached hydrogens (tertiary/aromatic N) is 1. The Morgan fingerprint density at radius 1 is 1.40 bits per heavy atom. The summed E-state index contributed by atoms with van der Waals surface area (Å²) in [6.45, 7) is 6.67. The lowest BCUT2D eigenvalue weighted by atomic mass is 9.85. The Morgan fingerprint density at radius 3 is 2.50 bits per heavy atom. The number of amides is 1. The van der Waals surface area contributed by atoms with E-state index in [0.717, 1.165) is 0 Å². The highest BCUT2D eigenvalue weighted by molar-refractivity contribution is 6.22. The van der Waals surface area contributed by atoms with Crippen LogP contribution in [-0.4, -0.2) is 57.4 Å². The number of likely N-dealkylation sites (tertiary alicyclic amines) is 1. The van der Waals surface area contributed by atoms with Crippen molar-refractivity contribution in [3.63, 3.8) is 0 Å². The Balaban J connectivity index is 1.94. The summed E-state index contributed by atoms with van der Waals surface area (Å²) in [5.74, 6) is 0.0898. The van der Waals surface area contributed by atoms with Gasteiger partial charge in [0.15, 0.2) is 5.78 Å². The first-order valence-electron chi connectivity index (χ1n) is 6.86. The Kier molecular flexibility index (Phi) is 4.17. The van der Waals surface area contributed by atoms with Crippen molar-refractivity contribution in [3.8, 4) is 0 Å². The predicted octanol–water partition coefficient (Wildman–Crippen LogP) is 1.76. The molecule has 0 aliphatic carbocycles. The minimum absolute atomic E-state index is 0.0898. The molecule has 6 heteroatoms. The van der Waals surface area contributed by atoms with E-state index in [0.29, 0.717) is 37.0 Å². The van der Waals surface area contributed by atoms with Crippen LogP contribution in [0.5, 0.6) is 0 Å². The van der Waals surface area contributed by atoms with Crippen molar-refractivity contribution in [2.75, 3.05) is 13.1 Å². The maximum atomic E-state index is 12.0. The third-order valence-corrected chi connectivity index (χ3v) is 3.74. The molecule has 2 aliphatic rings. The van der Waals surface area contributed by atoms with Crippen molar-refractivity contribution in [2.24, 2.45) is 0 Å². The molecule has 1 saturated heterocycles. The van der Waals surface area contributed by atoms with E-state index in [2.05, 4.69) is 16.3 Å². The molecule has 1 fully saturated rings. The highest BCUT2D eigenvalue weighted by Gasteiger charge is 2.41. The van der Waals surface area contributed by atoms with Gasteiger partial charge in [0.1, 0.15) is 11.2 Å². The van der Waals surface area contributed by atoms with Crippen molar-refractivity contribution < 1.29 is 19.1 Å². The zero-order chi connectivity index (χ0) is 15.0. The van der Waals surface area contributed by atoms with Crippen LogP contribution < -0.4 is 0 Å². The molecule has 0 aromatic heterocycles. The summed E-state index contributed by atoms with van der Waals surface area (Å²) in [5.41, 5.74) is -0.930. The zero-order valence-corrected chi connectivity index (χ0v) is 13.4. The molecule has 2 aliphatic heterocycles. The second-order valence-corrected chi connectivity index (χ2v) is 7.01. The van der Waals surface area contributed by atoms with Crippen LogP contribution >= 0.6 is 0 Å². The van der Waals surface area contributed by atoms with Crippen LogP contribution in [0.25, 0.3) is 0 Å². The average Bonchev–Trinajstić information content (AvgIpc) is 2.25. The number of hydrogen-bond acceptors (Lipinski definition) is 4. The van der Waals surface area contributed by atoms with Gasteiger partial charge < -0.3 is 14.4 Å². The molecule has 0 unspecified atom stereocenters. The number of ether oxygens (including phenoxy) is 2. The van der Waals surface area contributed by atoms with E-state index in [1.807, 2.05) is 20.8 Å². The standard InChI is InChI=1S/C14H20NO4.Al/c1-13(2,3)19-12(17)15-7-5-14(6-8-15)10-11(16)4-9-18-14;/h4H,5-8,10H2,1-3H3;. The maximum Gasteiger partial charge on any atom is 0.410 e. The van der Waals surface area contributed by atoms with Crippen molar-refractivity contribution in [2.45, 2.75) is 51.2 Å². The molecule has 0 aromatic carbocycles. The van der Waals surface area contributed by atoms with Gasteiger partial charge in [0.2, 0.25) is 16.3 Å². The van der Waals surface area contributed by atoms with E-state index in [9.17, 15) is 9.59 Å². The molecule has 5 nitrogen and oxygen atoms in total. The summed E-state index contributed by atoms with van der Waals surface area (Å²) >= 11 is 2.44. The molecule has 0 aromatic rings. The van der Waals surface area contributed by atoms with Crippen molar-refractivity contribution in [3.05, 3.63) is 10.7 Å². The molecular weight excluding hydrogens is 273 g/mol. The molecule has 0 atom stereocenters. The summed E-state index contributed by atoms with van der Waals surface area (Å²) in [7, 11) is 0. The normalized spacial score (nSPS) is 22.2. The minimum atomic E-state index is -0.487. The van der Waals surface area contributed by atoms with Crippen LogP contribution in [0, 0.1) is 0 Å². The molecule has 108 valence electrons. The molecule has 0 bridgehead atoms. The van der Waals surface area contributed by atoms with Crippen LogP contribution in [0.4, 0.5) is 4.79 Å². The van der Waals surface area contributed by atoms with Gasteiger partial charge in [-0.1, -0.05) is 0 Å². The minimum Gasteiger partial charge on any atom is -0.512 e. The van der Waals surface area contributed by atoms with Crippen molar-refractivity contribution in [1.82, 2.24) is 4.90 Å². The average molecular weight is 293 g/mol. The summed E-state index contributed by atoms with van der Waals surface area (Å²) in [4.78, 5) is 25.4. The third-order valence-electron chi connectivity index (χ3n) is 3.46. The van der Waals surface area contributed by atoms with Gasteiger partial charge in [-0.25, -0.2) is 4.79 Å². The Morgan fingerprint density at radius 2 is 2.00 bits per heavy atom. The van der Waals surface area contributed by atoms with E-state index in [1.165, 1.54) is 6.08 Å². The number of piperidine rings is 1. The number of rotatable bonds is 0. The molecule has 20 heavy (non-hydrogen) atoms. The van der Waals surface area contributed by atoms with Crippen LogP contribution in [0.3, 0.4) is 0 Å². The van der Waals surface area contributed by atoms with Gasteiger partial charge in [0.25, 0.3) is 0 Å². The topological polar surface area (TPSA) is 55.8 Å². The third kappa shape index (κ3) is 3.77. The lowest BCUT2D eigenvalue weighted by molar-refractivity contribution is -0.126. The second kappa shape index (κ2) is 5.42. The SMILES string of the molecule is CC(C)(C)OC(=O)N1CCC2(CC1)CC(=O)C=[C]([Al])O2. The van der Waals surface area contributed by atoms with E-state index in [1.54, 1.807) is 4.90 Å². The molecule has 0 saturated carbocycles. The number of allylic oxidation sites excluding steroid dienone is 1. The van der Waals surface area contributed by atoms with Gasteiger partial charge in [-0.05, 0) is 31.5 Å². The van der Waals surface area contributed by atoms with Crippen LogP contribution in [0.1, 0.15) is 40.0 Å². The molecule has 2 heterocycles. The van der Waals surface area contributed by atoms with Gasteiger partial charge in [0.05, 0.1) is 6.42 Å². The summed E-state index contributed by atoms with van der Waals surface area (Å²) in [5, 5.41) is 0. The first kappa shape index (κ1) is 15.4.